The first kappa shape index (κ1) is 35.2. The monoisotopic (exact) mass is 680 g/mol. The zero-order valence-corrected chi connectivity index (χ0v) is 27.3. The summed E-state index contributed by atoms with van der Waals surface area (Å²) in [6.07, 6.45) is -6.43. The van der Waals surface area contributed by atoms with Crippen molar-refractivity contribution >= 4 is 17.3 Å². The van der Waals surface area contributed by atoms with Crippen LogP contribution in [0.25, 0.3) is 11.1 Å². The summed E-state index contributed by atoms with van der Waals surface area (Å²) in [4.78, 5) is 0. The zero-order chi connectivity index (χ0) is 34.2. The maximum absolute atomic E-state index is 10.3. The van der Waals surface area contributed by atoms with E-state index in [4.69, 9.17) is 41.4 Å². The second-order valence-corrected chi connectivity index (χ2v) is 12.0. The van der Waals surface area contributed by atoms with E-state index in [1.165, 1.54) is 0 Å². The maximum Gasteiger partial charge on any atom is 0.161 e. The van der Waals surface area contributed by atoms with Gasteiger partial charge in [0, 0.05) is 30.4 Å². The summed E-state index contributed by atoms with van der Waals surface area (Å²) in [7, 11) is 0. The minimum absolute atomic E-state index is 0.139. The van der Waals surface area contributed by atoms with E-state index in [0.717, 1.165) is 39.3 Å². The Hall–Kier alpha value is -4.07. The summed E-state index contributed by atoms with van der Waals surface area (Å²) < 4.78 is 23.9. The third-order valence-electron chi connectivity index (χ3n) is 8.14. The third kappa shape index (κ3) is 8.69. The van der Waals surface area contributed by atoms with Gasteiger partial charge in [0.15, 0.2) is 11.5 Å². The highest BCUT2D eigenvalue weighted by Gasteiger charge is 2.29. The van der Waals surface area contributed by atoms with Crippen molar-refractivity contribution in [3.8, 4) is 34.1 Å². The molecule has 1 aliphatic heterocycles. The molecule has 48 heavy (non-hydrogen) atoms. The van der Waals surface area contributed by atoms with Gasteiger partial charge in [0.25, 0.3) is 0 Å². The molecule has 0 saturated heterocycles. The molecule has 5 rings (SSSR count). The number of nitrogens with one attached hydrogen (secondary N) is 1. The average Bonchev–Trinajstić information content (AvgIpc) is 3.10. The molecule has 0 unspecified atom stereocenters. The van der Waals surface area contributed by atoms with Gasteiger partial charge >= 0.3 is 0 Å². The number of nitrogens with two attached hydrogens (primary N) is 1. The van der Waals surface area contributed by atoms with E-state index < -0.39 is 31.0 Å². The highest BCUT2D eigenvalue weighted by molar-refractivity contribution is 6.32. The molecule has 8 N–H and O–H groups in total. The first-order valence-corrected chi connectivity index (χ1v) is 16.0. The molecular formula is C36H41ClN2O9. The molecule has 4 aromatic rings. The minimum Gasteiger partial charge on any atom is -0.488 e. The topological polar surface area (TPSA) is 176 Å². The molecule has 0 aromatic heterocycles. The largest absolute Gasteiger partial charge is 0.488 e. The number of rotatable bonds is 15. The standard InChI is InChI=1S/C36H41ClN2O9/c1-21-24(5-3-7-27(21)23-8-9-31-34(14-23)46-11-10-45-31)20-48-33-15-32(47-19-22-4-2-6-26(38)12-22)25(13-28(33)37)16-39-17-29(41)35(43)36(44)30(42)18-40/h2-9,12-15,29-30,35-36,39-44H,10-11,16-20,38H2,1H3/t29-,30+,35+,36+/m0/s1. The van der Waals surface area contributed by atoms with Crippen molar-refractivity contribution in [1.82, 2.24) is 5.32 Å². The number of fused-ring (bicyclic) bond motifs is 1. The molecule has 0 aliphatic carbocycles. The van der Waals surface area contributed by atoms with E-state index in [-0.39, 0.29) is 26.3 Å². The number of ether oxygens (including phenoxy) is 4. The van der Waals surface area contributed by atoms with Crippen LogP contribution in [-0.2, 0) is 19.8 Å². The summed E-state index contributed by atoms with van der Waals surface area (Å²) in [5, 5.41) is 52.4. The van der Waals surface area contributed by atoms with E-state index in [9.17, 15) is 20.4 Å². The van der Waals surface area contributed by atoms with Gasteiger partial charge in [-0.05, 0) is 65.1 Å². The molecule has 1 heterocycles. The van der Waals surface area contributed by atoms with E-state index in [1.807, 2.05) is 61.5 Å². The first-order valence-electron chi connectivity index (χ1n) is 15.6. The smallest absolute Gasteiger partial charge is 0.161 e. The fraction of sp³-hybridized carbons (Fsp3) is 0.333. The minimum atomic E-state index is -1.72. The molecule has 11 nitrogen and oxygen atoms in total. The van der Waals surface area contributed by atoms with Crippen LogP contribution in [0.3, 0.4) is 0 Å². The van der Waals surface area contributed by atoms with Crippen LogP contribution in [0.5, 0.6) is 23.0 Å². The van der Waals surface area contributed by atoms with Gasteiger partial charge < -0.3 is 55.5 Å². The molecule has 256 valence electrons. The van der Waals surface area contributed by atoms with Gasteiger partial charge in [-0.3, -0.25) is 0 Å². The van der Waals surface area contributed by atoms with E-state index in [2.05, 4.69) is 5.32 Å². The van der Waals surface area contributed by atoms with Crippen LogP contribution in [0.15, 0.2) is 72.8 Å². The van der Waals surface area contributed by atoms with Crippen molar-refractivity contribution in [3.05, 3.63) is 100 Å². The molecule has 0 fully saturated rings. The van der Waals surface area contributed by atoms with E-state index >= 15 is 0 Å². The summed E-state index contributed by atoms with van der Waals surface area (Å²) >= 11 is 6.70. The Morgan fingerprint density at radius 3 is 2.31 bits per heavy atom. The predicted molar refractivity (Wildman–Crippen MR) is 181 cm³/mol. The Kier molecular flexibility index (Phi) is 12.0. The van der Waals surface area contributed by atoms with Crippen LogP contribution >= 0.6 is 11.6 Å². The SMILES string of the molecule is Cc1c(COc2cc(OCc3cccc(N)c3)c(CNC[C@H](O)[C@@H](O)[C@H](O)[C@H](O)CO)cc2Cl)cccc1-c1ccc2c(c1)OCCO2. The molecule has 12 heteroatoms. The van der Waals surface area contributed by atoms with Crippen LogP contribution in [-0.4, -0.2) is 76.3 Å². The molecule has 0 bridgehead atoms. The van der Waals surface area contributed by atoms with Crippen molar-refractivity contribution in [2.45, 2.75) is 51.1 Å². The number of hydrogen-bond donors (Lipinski definition) is 7. The van der Waals surface area contributed by atoms with Crippen LogP contribution in [0.4, 0.5) is 5.69 Å². The highest BCUT2D eigenvalue weighted by Crippen LogP contribution is 2.37. The Bertz CT molecular complexity index is 1690. The number of halogens is 1. The van der Waals surface area contributed by atoms with Gasteiger partial charge in [-0.15, -0.1) is 0 Å². The van der Waals surface area contributed by atoms with E-state index in [1.54, 1.807) is 18.2 Å². The van der Waals surface area contributed by atoms with Gasteiger partial charge in [-0.1, -0.05) is 48.0 Å². The van der Waals surface area contributed by atoms with Crippen LogP contribution in [0.2, 0.25) is 5.02 Å². The molecule has 1 aliphatic rings. The lowest BCUT2D eigenvalue weighted by Gasteiger charge is -2.26. The molecule has 0 saturated carbocycles. The molecular weight excluding hydrogens is 640 g/mol. The van der Waals surface area contributed by atoms with Crippen LogP contribution in [0, 0.1) is 6.92 Å². The Labute approximate surface area is 284 Å². The lowest BCUT2D eigenvalue weighted by molar-refractivity contribution is -0.114. The molecule has 4 atom stereocenters. The van der Waals surface area contributed by atoms with Crippen molar-refractivity contribution in [2.75, 3.05) is 32.1 Å². The zero-order valence-electron chi connectivity index (χ0n) is 26.5. The fourth-order valence-electron chi connectivity index (χ4n) is 5.36. The molecule has 0 amide bonds. The van der Waals surface area contributed by atoms with E-state index in [0.29, 0.717) is 41.0 Å². The van der Waals surface area contributed by atoms with Crippen LogP contribution in [0.1, 0.15) is 22.3 Å². The number of nitrogen functional groups attached to an aromatic ring is 1. The van der Waals surface area contributed by atoms with Gasteiger partial charge in [-0.2, -0.15) is 0 Å². The highest BCUT2D eigenvalue weighted by atomic mass is 35.5. The number of aliphatic hydroxyl groups is 5. The first-order chi connectivity index (χ1) is 23.1. The average molecular weight is 681 g/mol. The Morgan fingerprint density at radius 2 is 1.54 bits per heavy atom. The number of hydrogen-bond acceptors (Lipinski definition) is 11. The summed E-state index contributed by atoms with van der Waals surface area (Å²) in [5.74, 6) is 2.32. The fourth-order valence-corrected chi connectivity index (χ4v) is 5.60. The van der Waals surface area contributed by atoms with Gasteiger partial charge in [0.1, 0.15) is 56.2 Å². The van der Waals surface area contributed by atoms with Crippen molar-refractivity contribution in [1.29, 1.82) is 0 Å². The van der Waals surface area contributed by atoms with Crippen molar-refractivity contribution in [3.63, 3.8) is 0 Å². The third-order valence-corrected chi connectivity index (χ3v) is 8.43. The van der Waals surface area contributed by atoms with Gasteiger partial charge in [0.2, 0.25) is 0 Å². The normalized spacial score (nSPS) is 15.0. The second kappa shape index (κ2) is 16.4. The number of benzene rings is 4. The number of aliphatic hydroxyl groups excluding tert-OH is 5. The van der Waals surface area contributed by atoms with Gasteiger partial charge in [0.05, 0.1) is 17.7 Å². The lowest BCUT2D eigenvalue weighted by atomic mass is 9.96. The van der Waals surface area contributed by atoms with Gasteiger partial charge in [-0.25, -0.2) is 0 Å². The van der Waals surface area contributed by atoms with Crippen LogP contribution < -0.4 is 30.0 Å². The molecule has 0 spiro atoms. The maximum atomic E-state index is 10.3. The molecule has 0 radical (unpaired) electrons. The summed E-state index contributed by atoms with van der Waals surface area (Å²) in [6.45, 7) is 2.80. The quantitative estimate of drug-likeness (QED) is 0.0917. The molecule has 4 aromatic carbocycles. The van der Waals surface area contributed by atoms with Crippen molar-refractivity contribution in [2.24, 2.45) is 0 Å². The van der Waals surface area contributed by atoms with Crippen molar-refractivity contribution < 1.29 is 44.5 Å². The summed E-state index contributed by atoms with van der Waals surface area (Å²) in [5.41, 5.74) is 12.1. The second-order valence-electron chi connectivity index (χ2n) is 11.6. The lowest BCUT2D eigenvalue weighted by Crippen LogP contribution is -2.48. The number of anilines is 1. The Balaban J connectivity index is 1.32. The Morgan fingerprint density at radius 1 is 0.812 bits per heavy atom. The predicted octanol–water partition coefficient (Wildman–Crippen LogP) is 3.35. The summed E-state index contributed by atoms with van der Waals surface area (Å²) in [6, 6.07) is 22.7.